The van der Waals surface area contributed by atoms with Crippen LogP contribution in [-0.4, -0.2) is 30.7 Å². The molecular weight excluding hydrogens is 374 g/mol. The summed E-state index contributed by atoms with van der Waals surface area (Å²) >= 11 is 1.33. The molecule has 2 aliphatic rings. The number of hydrogen-bond acceptors (Lipinski definition) is 5. The lowest BCUT2D eigenvalue weighted by Crippen LogP contribution is -2.18. The van der Waals surface area contributed by atoms with Crippen LogP contribution in [0.1, 0.15) is 28.5 Å². The summed E-state index contributed by atoms with van der Waals surface area (Å²) in [6, 6.07) is 3.61. The van der Waals surface area contributed by atoms with E-state index in [0.717, 1.165) is 22.6 Å². The monoisotopic (exact) mass is 390 g/mol. The molecule has 0 fully saturated rings. The van der Waals surface area contributed by atoms with Gasteiger partial charge in [0.05, 0.1) is 23.8 Å². The third-order valence-corrected chi connectivity index (χ3v) is 5.83. The molecule has 0 bridgehead atoms. The van der Waals surface area contributed by atoms with E-state index in [9.17, 15) is 18.4 Å². The van der Waals surface area contributed by atoms with Crippen LogP contribution in [0.15, 0.2) is 23.2 Å². The van der Waals surface area contributed by atoms with E-state index < -0.39 is 11.6 Å². The molecule has 2 aromatic rings. The Morgan fingerprint density at radius 3 is 2.74 bits per heavy atom. The molecule has 1 amide bonds. The first-order valence-electron chi connectivity index (χ1n) is 8.59. The van der Waals surface area contributed by atoms with E-state index >= 15 is 0 Å². The second kappa shape index (κ2) is 6.84. The van der Waals surface area contributed by atoms with Gasteiger partial charge in [0.25, 0.3) is 0 Å². The van der Waals surface area contributed by atoms with E-state index in [-0.39, 0.29) is 35.6 Å². The van der Waals surface area contributed by atoms with Crippen molar-refractivity contribution in [1.82, 2.24) is 0 Å². The number of nitrogens with one attached hydrogen (secondary N) is 1. The molecule has 27 heavy (non-hydrogen) atoms. The minimum atomic E-state index is -0.742. The van der Waals surface area contributed by atoms with Gasteiger partial charge < -0.3 is 10.1 Å². The Labute approximate surface area is 158 Å². The van der Waals surface area contributed by atoms with Gasteiger partial charge in [-0.25, -0.2) is 8.78 Å². The first kappa shape index (κ1) is 17.8. The first-order chi connectivity index (χ1) is 13.0. The number of anilines is 1. The normalized spacial score (nSPS) is 18.3. The average Bonchev–Trinajstić information content (AvgIpc) is 3.11. The second-order valence-electron chi connectivity index (χ2n) is 6.37. The van der Waals surface area contributed by atoms with Crippen molar-refractivity contribution in [2.45, 2.75) is 19.8 Å². The number of aliphatic imine (C=N–C) groups is 1. The molecule has 1 aliphatic carbocycles. The van der Waals surface area contributed by atoms with Crippen molar-refractivity contribution < 1.29 is 23.1 Å². The van der Waals surface area contributed by atoms with Gasteiger partial charge in [0, 0.05) is 10.4 Å². The Morgan fingerprint density at radius 2 is 2.04 bits per heavy atom. The van der Waals surface area contributed by atoms with Crippen molar-refractivity contribution in [2.75, 3.05) is 18.5 Å². The Balaban J connectivity index is 1.83. The summed E-state index contributed by atoms with van der Waals surface area (Å²) in [5.41, 5.74) is 1.17. The van der Waals surface area contributed by atoms with Crippen LogP contribution in [0.25, 0.3) is 0 Å². The smallest absolute Gasteiger partial charge is 0.309 e. The van der Waals surface area contributed by atoms with Gasteiger partial charge >= 0.3 is 5.97 Å². The quantitative estimate of drug-likeness (QED) is 0.819. The highest BCUT2D eigenvalue weighted by Crippen LogP contribution is 2.43. The van der Waals surface area contributed by atoms with Crippen molar-refractivity contribution >= 4 is 33.9 Å². The van der Waals surface area contributed by atoms with Crippen molar-refractivity contribution in [1.29, 1.82) is 0 Å². The minimum absolute atomic E-state index is 0.112. The lowest BCUT2D eigenvalue weighted by atomic mass is 9.97. The van der Waals surface area contributed by atoms with Crippen molar-refractivity contribution in [3.05, 3.63) is 51.4 Å². The summed E-state index contributed by atoms with van der Waals surface area (Å²) in [7, 11) is 0. The number of rotatable bonds is 3. The van der Waals surface area contributed by atoms with E-state index in [1.54, 1.807) is 6.92 Å². The molecule has 1 aromatic heterocycles. The fourth-order valence-corrected chi connectivity index (χ4v) is 4.85. The maximum Gasteiger partial charge on any atom is 0.309 e. The predicted octanol–water partition coefficient (Wildman–Crippen LogP) is 3.09. The predicted molar refractivity (Wildman–Crippen MR) is 97.3 cm³/mol. The highest BCUT2D eigenvalue weighted by Gasteiger charge is 2.37. The van der Waals surface area contributed by atoms with E-state index in [1.165, 1.54) is 17.4 Å². The van der Waals surface area contributed by atoms with Gasteiger partial charge in [-0.15, -0.1) is 11.3 Å². The molecule has 140 valence electrons. The number of amides is 1. The van der Waals surface area contributed by atoms with E-state index in [0.29, 0.717) is 30.0 Å². The van der Waals surface area contributed by atoms with Gasteiger partial charge in [-0.05, 0) is 37.5 Å². The van der Waals surface area contributed by atoms with Crippen LogP contribution in [0, 0.1) is 17.6 Å². The van der Waals surface area contributed by atoms with Gasteiger partial charge in [0.2, 0.25) is 5.91 Å². The lowest BCUT2D eigenvalue weighted by molar-refractivity contribution is -0.147. The topological polar surface area (TPSA) is 67.8 Å². The Hall–Kier alpha value is -2.61. The maximum atomic E-state index is 14.4. The number of thiophene rings is 1. The SMILES string of the molecule is CCOC(=O)C1Cc2sc3c(c2C1)C(c1c(F)cccc1F)=NCC(=O)N3. The number of nitrogens with zero attached hydrogens (tertiary/aromatic N) is 1. The van der Waals surface area contributed by atoms with Crippen LogP contribution in [0.3, 0.4) is 0 Å². The number of hydrogen-bond donors (Lipinski definition) is 1. The van der Waals surface area contributed by atoms with Gasteiger partial charge in [0.15, 0.2) is 0 Å². The molecule has 5 nitrogen and oxygen atoms in total. The molecular formula is C19H16F2N2O3S. The molecule has 0 saturated carbocycles. The number of carbonyl (C=O) groups excluding carboxylic acids is 2. The van der Waals surface area contributed by atoms with Gasteiger partial charge in [0.1, 0.15) is 23.2 Å². The minimum Gasteiger partial charge on any atom is -0.466 e. The molecule has 4 rings (SSSR count). The van der Waals surface area contributed by atoms with Crippen LogP contribution in [0.2, 0.25) is 0 Å². The fourth-order valence-electron chi connectivity index (χ4n) is 3.52. The third kappa shape index (κ3) is 3.03. The number of benzene rings is 1. The van der Waals surface area contributed by atoms with Crippen molar-refractivity contribution in [2.24, 2.45) is 10.9 Å². The Kier molecular flexibility index (Phi) is 4.51. The molecule has 1 aromatic carbocycles. The highest BCUT2D eigenvalue weighted by molar-refractivity contribution is 7.17. The number of fused-ring (bicyclic) bond motifs is 3. The Bertz CT molecular complexity index is 963. The van der Waals surface area contributed by atoms with Crippen LogP contribution in [-0.2, 0) is 27.2 Å². The van der Waals surface area contributed by atoms with E-state index in [4.69, 9.17) is 4.74 Å². The fraction of sp³-hybridized carbons (Fsp3) is 0.316. The van der Waals surface area contributed by atoms with Gasteiger partial charge in [-0.3, -0.25) is 14.6 Å². The molecule has 1 unspecified atom stereocenters. The molecule has 2 heterocycles. The maximum absolute atomic E-state index is 14.4. The summed E-state index contributed by atoms with van der Waals surface area (Å²) in [6.45, 7) is 1.82. The standard InChI is InChI=1S/C19H16F2N2O3S/c1-2-26-19(25)9-6-10-13(7-9)27-18-15(10)17(22-8-14(24)23-18)16-11(20)4-3-5-12(16)21/h3-5,9H,2,6-8H2,1H3,(H,23,24). The molecule has 8 heteroatoms. The van der Waals surface area contributed by atoms with Gasteiger partial charge in [-0.2, -0.15) is 0 Å². The largest absolute Gasteiger partial charge is 0.466 e. The average molecular weight is 390 g/mol. The zero-order valence-electron chi connectivity index (χ0n) is 14.5. The van der Waals surface area contributed by atoms with Crippen molar-refractivity contribution in [3.63, 3.8) is 0 Å². The molecule has 0 spiro atoms. The molecule has 0 saturated heterocycles. The summed E-state index contributed by atoms with van der Waals surface area (Å²) < 4.78 is 34.0. The Morgan fingerprint density at radius 1 is 1.30 bits per heavy atom. The van der Waals surface area contributed by atoms with Crippen LogP contribution < -0.4 is 5.32 Å². The number of carbonyl (C=O) groups is 2. The second-order valence-corrected chi connectivity index (χ2v) is 7.48. The molecule has 1 atom stereocenters. The summed E-state index contributed by atoms with van der Waals surface area (Å²) in [4.78, 5) is 29.2. The van der Waals surface area contributed by atoms with E-state index in [1.807, 2.05) is 0 Å². The van der Waals surface area contributed by atoms with Gasteiger partial charge in [-0.1, -0.05) is 6.07 Å². The summed E-state index contributed by atoms with van der Waals surface area (Å²) in [5, 5.41) is 3.28. The van der Waals surface area contributed by atoms with Crippen LogP contribution >= 0.6 is 11.3 Å². The zero-order chi connectivity index (χ0) is 19.1. The number of halogens is 2. The zero-order valence-corrected chi connectivity index (χ0v) is 15.3. The first-order valence-corrected chi connectivity index (χ1v) is 9.41. The van der Waals surface area contributed by atoms with Crippen LogP contribution in [0.4, 0.5) is 13.8 Å². The lowest BCUT2D eigenvalue weighted by Gasteiger charge is -2.12. The third-order valence-electron chi connectivity index (χ3n) is 4.66. The number of ether oxygens (including phenoxy) is 1. The summed E-state index contributed by atoms with van der Waals surface area (Å²) in [5.74, 6) is -2.45. The molecule has 1 N–H and O–H groups in total. The molecule has 0 radical (unpaired) electrons. The van der Waals surface area contributed by atoms with E-state index in [2.05, 4.69) is 10.3 Å². The number of esters is 1. The molecule has 1 aliphatic heterocycles. The van der Waals surface area contributed by atoms with Crippen LogP contribution in [0.5, 0.6) is 0 Å². The summed E-state index contributed by atoms with van der Waals surface area (Å²) in [6.07, 6.45) is 0.875. The highest BCUT2D eigenvalue weighted by atomic mass is 32.1. The van der Waals surface area contributed by atoms with Crippen molar-refractivity contribution in [3.8, 4) is 0 Å².